The quantitative estimate of drug-likeness (QED) is 0.882. The van der Waals surface area contributed by atoms with E-state index in [1.165, 1.54) is 10.9 Å². The number of nitrogens with zero attached hydrogens (tertiary/aromatic N) is 1. The first-order chi connectivity index (χ1) is 9.04. The van der Waals surface area contributed by atoms with E-state index in [4.69, 9.17) is 4.74 Å². The second kappa shape index (κ2) is 5.44. The molecule has 0 spiro atoms. The maximum atomic E-state index is 12.2. The largest absolute Gasteiger partial charge is 0.462 e. The number of rotatable bonds is 3. The molecule has 0 bridgehead atoms. The molecule has 2 aromatic rings. The third-order valence-electron chi connectivity index (χ3n) is 2.68. The predicted molar refractivity (Wildman–Crippen MR) is 74.8 cm³/mol. The van der Waals surface area contributed by atoms with Gasteiger partial charge in [0, 0.05) is 10.7 Å². The van der Waals surface area contributed by atoms with Crippen LogP contribution >= 0.6 is 15.9 Å². The van der Waals surface area contributed by atoms with Crippen LogP contribution in [0.15, 0.2) is 33.7 Å². The van der Waals surface area contributed by atoms with E-state index in [0.717, 1.165) is 10.0 Å². The number of benzene rings is 1. The number of H-pyrrole nitrogens is 1. The average Bonchev–Trinajstić information content (AvgIpc) is 2.74. The fourth-order valence-corrected chi connectivity index (χ4v) is 2.08. The smallest absolute Gasteiger partial charge is 0.345 e. The third-order valence-corrected chi connectivity index (χ3v) is 3.17. The molecule has 5 nitrogen and oxygen atoms in total. The minimum absolute atomic E-state index is 0.00113. The number of aromatic nitrogens is 2. The van der Waals surface area contributed by atoms with Gasteiger partial charge in [0.25, 0.3) is 5.56 Å². The van der Waals surface area contributed by atoms with Crippen LogP contribution in [0.4, 0.5) is 0 Å². The van der Waals surface area contributed by atoms with Gasteiger partial charge in [-0.15, -0.1) is 0 Å². The maximum Gasteiger partial charge on any atom is 0.345 e. The van der Waals surface area contributed by atoms with Crippen molar-refractivity contribution in [3.63, 3.8) is 0 Å². The standard InChI is InChI=1S/C13H13BrN2O3/c1-3-19-13(18)10-7-15-16(12(10)17)11-6-9(14)5-4-8(11)2/h4-7,15H,3H2,1-2H3. The van der Waals surface area contributed by atoms with Crippen LogP contribution in [-0.2, 0) is 4.74 Å². The molecule has 6 heteroatoms. The van der Waals surface area contributed by atoms with E-state index in [0.29, 0.717) is 5.69 Å². The Labute approximate surface area is 118 Å². The van der Waals surface area contributed by atoms with Crippen molar-refractivity contribution in [2.75, 3.05) is 6.61 Å². The molecular formula is C13H13BrN2O3. The van der Waals surface area contributed by atoms with Crippen molar-refractivity contribution in [1.82, 2.24) is 9.78 Å². The van der Waals surface area contributed by atoms with E-state index in [2.05, 4.69) is 21.0 Å². The lowest BCUT2D eigenvalue weighted by atomic mass is 10.2. The number of aryl methyl sites for hydroxylation is 1. The summed E-state index contributed by atoms with van der Waals surface area (Å²) in [7, 11) is 0. The second-order valence-electron chi connectivity index (χ2n) is 3.98. The van der Waals surface area contributed by atoms with Gasteiger partial charge in [-0.25, -0.2) is 9.48 Å². The Balaban J connectivity index is 2.51. The monoisotopic (exact) mass is 324 g/mol. The van der Waals surface area contributed by atoms with Crippen LogP contribution < -0.4 is 5.56 Å². The van der Waals surface area contributed by atoms with Gasteiger partial charge >= 0.3 is 5.97 Å². The zero-order valence-electron chi connectivity index (χ0n) is 10.6. The number of carbonyl (C=O) groups excluding carboxylic acids is 1. The molecule has 0 aliphatic carbocycles. The molecule has 1 aromatic carbocycles. The third kappa shape index (κ3) is 2.63. The topological polar surface area (TPSA) is 64.1 Å². The molecule has 0 radical (unpaired) electrons. The van der Waals surface area contributed by atoms with Crippen LogP contribution in [0.25, 0.3) is 5.69 Å². The Morgan fingerprint density at radius 1 is 1.47 bits per heavy atom. The summed E-state index contributed by atoms with van der Waals surface area (Å²) in [6.07, 6.45) is 1.36. The molecule has 2 rings (SSSR count). The van der Waals surface area contributed by atoms with Crippen LogP contribution in [0.5, 0.6) is 0 Å². The van der Waals surface area contributed by atoms with E-state index in [9.17, 15) is 9.59 Å². The molecule has 0 saturated carbocycles. The number of aromatic amines is 1. The van der Waals surface area contributed by atoms with Gasteiger partial charge in [0.2, 0.25) is 0 Å². The van der Waals surface area contributed by atoms with Gasteiger partial charge in [-0.3, -0.25) is 9.89 Å². The van der Waals surface area contributed by atoms with Crippen molar-refractivity contribution in [2.24, 2.45) is 0 Å². The summed E-state index contributed by atoms with van der Waals surface area (Å²) in [5.74, 6) is -0.616. The maximum absolute atomic E-state index is 12.2. The van der Waals surface area contributed by atoms with Crippen molar-refractivity contribution >= 4 is 21.9 Å². The minimum atomic E-state index is -0.616. The SMILES string of the molecule is CCOC(=O)c1c[nH]n(-c2cc(Br)ccc2C)c1=O. The van der Waals surface area contributed by atoms with Gasteiger partial charge < -0.3 is 4.74 Å². The van der Waals surface area contributed by atoms with Crippen LogP contribution in [0.2, 0.25) is 0 Å². The van der Waals surface area contributed by atoms with Gasteiger partial charge in [0.05, 0.1) is 12.3 Å². The summed E-state index contributed by atoms with van der Waals surface area (Å²) in [6, 6.07) is 5.58. The lowest BCUT2D eigenvalue weighted by Gasteiger charge is -2.06. The Kier molecular flexibility index (Phi) is 3.90. The van der Waals surface area contributed by atoms with E-state index in [1.54, 1.807) is 6.92 Å². The number of hydrogen-bond donors (Lipinski definition) is 1. The highest BCUT2D eigenvalue weighted by Gasteiger charge is 2.17. The minimum Gasteiger partial charge on any atom is -0.462 e. The number of nitrogens with one attached hydrogen (secondary N) is 1. The molecule has 1 heterocycles. The first-order valence-corrected chi connectivity index (χ1v) is 6.58. The highest BCUT2D eigenvalue weighted by molar-refractivity contribution is 9.10. The second-order valence-corrected chi connectivity index (χ2v) is 4.89. The first-order valence-electron chi connectivity index (χ1n) is 5.78. The Hall–Kier alpha value is -1.82. The van der Waals surface area contributed by atoms with Gasteiger partial charge in [-0.1, -0.05) is 22.0 Å². The summed E-state index contributed by atoms with van der Waals surface area (Å²) < 4.78 is 7.01. The summed E-state index contributed by atoms with van der Waals surface area (Å²) in [5.41, 5.74) is 1.19. The summed E-state index contributed by atoms with van der Waals surface area (Å²) in [6.45, 7) is 3.82. The van der Waals surface area contributed by atoms with Crippen molar-refractivity contribution in [1.29, 1.82) is 0 Å². The van der Waals surface area contributed by atoms with Crippen molar-refractivity contribution in [3.8, 4) is 5.69 Å². The number of ether oxygens (including phenoxy) is 1. The molecule has 19 heavy (non-hydrogen) atoms. The fourth-order valence-electron chi connectivity index (χ4n) is 1.73. The van der Waals surface area contributed by atoms with Crippen LogP contribution in [0, 0.1) is 6.92 Å². The lowest BCUT2D eigenvalue weighted by Crippen LogP contribution is -2.22. The Bertz CT molecular complexity index is 673. The first kappa shape index (κ1) is 13.6. The molecule has 1 N–H and O–H groups in total. The van der Waals surface area contributed by atoms with Crippen LogP contribution in [-0.4, -0.2) is 22.4 Å². The average molecular weight is 325 g/mol. The normalized spacial score (nSPS) is 10.5. The molecule has 0 atom stereocenters. The highest BCUT2D eigenvalue weighted by atomic mass is 79.9. The molecule has 0 fully saturated rings. The summed E-state index contributed by atoms with van der Waals surface area (Å²) in [4.78, 5) is 23.8. The summed E-state index contributed by atoms with van der Waals surface area (Å²) >= 11 is 3.36. The highest BCUT2D eigenvalue weighted by Crippen LogP contribution is 2.18. The molecular weight excluding hydrogens is 312 g/mol. The Morgan fingerprint density at radius 3 is 2.89 bits per heavy atom. The molecule has 100 valence electrons. The molecule has 0 aliphatic heterocycles. The lowest BCUT2D eigenvalue weighted by molar-refractivity contribution is 0.0525. The number of carbonyl (C=O) groups is 1. The van der Waals surface area contributed by atoms with Crippen LogP contribution in [0.1, 0.15) is 22.8 Å². The molecule has 0 amide bonds. The van der Waals surface area contributed by atoms with E-state index < -0.39 is 11.5 Å². The summed E-state index contributed by atoms with van der Waals surface area (Å²) in [5, 5.41) is 2.78. The van der Waals surface area contributed by atoms with E-state index in [-0.39, 0.29) is 12.2 Å². The predicted octanol–water partition coefficient (Wildman–Crippen LogP) is 2.41. The zero-order valence-corrected chi connectivity index (χ0v) is 12.2. The molecule has 0 saturated heterocycles. The van der Waals surface area contributed by atoms with E-state index in [1.807, 2.05) is 25.1 Å². The molecule has 0 aliphatic rings. The van der Waals surface area contributed by atoms with Crippen LogP contribution in [0.3, 0.4) is 0 Å². The van der Waals surface area contributed by atoms with Gasteiger partial charge in [0.15, 0.2) is 0 Å². The van der Waals surface area contributed by atoms with E-state index >= 15 is 0 Å². The zero-order chi connectivity index (χ0) is 14.0. The molecule has 1 aromatic heterocycles. The van der Waals surface area contributed by atoms with Crippen molar-refractivity contribution < 1.29 is 9.53 Å². The molecule has 0 unspecified atom stereocenters. The Morgan fingerprint density at radius 2 is 2.21 bits per heavy atom. The number of halogens is 1. The van der Waals surface area contributed by atoms with Gasteiger partial charge in [-0.2, -0.15) is 0 Å². The fraction of sp³-hybridized carbons (Fsp3) is 0.231. The van der Waals surface area contributed by atoms with Gasteiger partial charge in [0.1, 0.15) is 5.56 Å². The number of esters is 1. The van der Waals surface area contributed by atoms with Crippen molar-refractivity contribution in [2.45, 2.75) is 13.8 Å². The van der Waals surface area contributed by atoms with Gasteiger partial charge in [-0.05, 0) is 31.5 Å². The number of hydrogen-bond acceptors (Lipinski definition) is 3. The van der Waals surface area contributed by atoms with Crippen molar-refractivity contribution in [3.05, 3.63) is 50.3 Å².